The number of thiazole rings is 1. The standard InChI is InChI=1S/C18H26N4O2S/c1-14-13-16(15(2)22(14)18-20-6-12-25-18)17(23)19-5-3-4-7-21-8-10-24-11-9-21/h6,12-13H,3-5,7-11H2,1-2H3,(H,19,23). The molecule has 0 aliphatic carbocycles. The number of hydrogen-bond acceptors (Lipinski definition) is 5. The van der Waals surface area contributed by atoms with Gasteiger partial charge in [-0.2, -0.15) is 0 Å². The van der Waals surface area contributed by atoms with Gasteiger partial charge in [-0.15, -0.1) is 11.3 Å². The zero-order chi connectivity index (χ0) is 17.6. The molecular formula is C18H26N4O2S. The third kappa shape index (κ3) is 4.48. The van der Waals surface area contributed by atoms with Gasteiger partial charge in [0.15, 0.2) is 5.13 Å². The van der Waals surface area contributed by atoms with Crippen LogP contribution in [0.25, 0.3) is 5.13 Å². The van der Waals surface area contributed by atoms with Crippen LogP contribution in [0.2, 0.25) is 0 Å². The van der Waals surface area contributed by atoms with Gasteiger partial charge in [0.05, 0.1) is 18.8 Å². The molecule has 2 aromatic rings. The number of carbonyl (C=O) groups is 1. The Balaban J connectivity index is 1.48. The van der Waals surface area contributed by atoms with Crippen LogP contribution in [-0.2, 0) is 4.74 Å². The van der Waals surface area contributed by atoms with E-state index in [0.717, 1.165) is 67.8 Å². The molecule has 3 rings (SSSR count). The molecule has 6 nitrogen and oxygen atoms in total. The SMILES string of the molecule is Cc1cc(C(=O)NCCCCN2CCOCC2)c(C)n1-c1nccs1. The number of rotatable bonds is 7. The second-order valence-electron chi connectivity index (χ2n) is 6.35. The third-order valence-corrected chi connectivity index (χ3v) is 5.33. The summed E-state index contributed by atoms with van der Waals surface area (Å²) in [6.45, 7) is 9.50. The van der Waals surface area contributed by atoms with Gasteiger partial charge in [0.2, 0.25) is 0 Å². The van der Waals surface area contributed by atoms with E-state index < -0.39 is 0 Å². The number of unbranched alkanes of at least 4 members (excludes halogenated alkanes) is 1. The first kappa shape index (κ1) is 18.1. The highest BCUT2D eigenvalue weighted by atomic mass is 32.1. The van der Waals surface area contributed by atoms with Crippen LogP contribution >= 0.6 is 11.3 Å². The number of hydrogen-bond donors (Lipinski definition) is 1. The summed E-state index contributed by atoms with van der Waals surface area (Å²) in [6, 6.07) is 1.94. The van der Waals surface area contributed by atoms with Gasteiger partial charge in [0.1, 0.15) is 0 Å². The molecular weight excluding hydrogens is 336 g/mol. The lowest BCUT2D eigenvalue weighted by Crippen LogP contribution is -2.37. The van der Waals surface area contributed by atoms with E-state index in [1.807, 2.05) is 29.9 Å². The number of aromatic nitrogens is 2. The minimum atomic E-state index is 0.00211. The number of morpholine rings is 1. The predicted molar refractivity (Wildman–Crippen MR) is 99.7 cm³/mol. The maximum absolute atomic E-state index is 12.5. The van der Waals surface area contributed by atoms with E-state index in [4.69, 9.17) is 4.74 Å². The van der Waals surface area contributed by atoms with Crippen LogP contribution in [0.3, 0.4) is 0 Å². The summed E-state index contributed by atoms with van der Waals surface area (Å²) in [4.78, 5) is 19.3. The van der Waals surface area contributed by atoms with Gasteiger partial charge in [0, 0.05) is 42.6 Å². The van der Waals surface area contributed by atoms with Crippen molar-refractivity contribution in [2.45, 2.75) is 26.7 Å². The van der Waals surface area contributed by atoms with Crippen molar-refractivity contribution in [3.05, 3.63) is 34.6 Å². The lowest BCUT2D eigenvalue weighted by atomic mass is 10.2. The number of amides is 1. The number of aryl methyl sites for hydroxylation is 1. The zero-order valence-electron chi connectivity index (χ0n) is 15.0. The summed E-state index contributed by atoms with van der Waals surface area (Å²) in [5.74, 6) is 0.00211. The monoisotopic (exact) mass is 362 g/mol. The minimum absolute atomic E-state index is 0.00211. The molecule has 3 heterocycles. The van der Waals surface area contributed by atoms with Gasteiger partial charge in [-0.3, -0.25) is 14.3 Å². The van der Waals surface area contributed by atoms with Crippen LogP contribution in [0.15, 0.2) is 17.6 Å². The molecule has 0 bridgehead atoms. The molecule has 25 heavy (non-hydrogen) atoms. The van der Waals surface area contributed by atoms with Crippen molar-refractivity contribution in [1.29, 1.82) is 0 Å². The molecule has 7 heteroatoms. The van der Waals surface area contributed by atoms with Crippen LogP contribution in [0.5, 0.6) is 0 Å². The zero-order valence-corrected chi connectivity index (χ0v) is 15.8. The van der Waals surface area contributed by atoms with E-state index in [-0.39, 0.29) is 5.91 Å². The largest absolute Gasteiger partial charge is 0.379 e. The molecule has 2 aromatic heterocycles. The van der Waals surface area contributed by atoms with E-state index in [2.05, 4.69) is 15.2 Å². The van der Waals surface area contributed by atoms with Crippen LogP contribution < -0.4 is 5.32 Å². The lowest BCUT2D eigenvalue weighted by molar-refractivity contribution is 0.0372. The first-order valence-electron chi connectivity index (χ1n) is 8.84. The fourth-order valence-electron chi connectivity index (χ4n) is 3.20. The van der Waals surface area contributed by atoms with E-state index in [9.17, 15) is 4.79 Å². The average molecular weight is 362 g/mol. The van der Waals surface area contributed by atoms with Gasteiger partial charge >= 0.3 is 0 Å². The fourth-order valence-corrected chi connectivity index (χ4v) is 3.95. The highest BCUT2D eigenvalue weighted by Crippen LogP contribution is 2.22. The normalized spacial score (nSPS) is 15.4. The van der Waals surface area contributed by atoms with E-state index in [1.54, 1.807) is 17.5 Å². The molecule has 1 saturated heterocycles. The maximum atomic E-state index is 12.5. The molecule has 1 amide bonds. The Hall–Kier alpha value is -1.70. The van der Waals surface area contributed by atoms with Crippen molar-refractivity contribution in [3.63, 3.8) is 0 Å². The molecule has 0 saturated carbocycles. The number of nitrogens with zero attached hydrogens (tertiary/aromatic N) is 3. The van der Waals surface area contributed by atoms with E-state index >= 15 is 0 Å². The Morgan fingerprint density at radius 3 is 2.84 bits per heavy atom. The summed E-state index contributed by atoms with van der Waals surface area (Å²) in [7, 11) is 0. The predicted octanol–water partition coefficient (Wildman–Crippen LogP) is 2.39. The average Bonchev–Trinajstić information content (AvgIpc) is 3.23. The Labute approximate surface area is 152 Å². The Morgan fingerprint density at radius 1 is 1.32 bits per heavy atom. The molecule has 0 spiro atoms. The van der Waals surface area contributed by atoms with E-state index in [0.29, 0.717) is 6.54 Å². The smallest absolute Gasteiger partial charge is 0.253 e. The van der Waals surface area contributed by atoms with Crippen LogP contribution in [0, 0.1) is 13.8 Å². The van der Waals surface area contributed by atoms with Crippen molar-refractivity contribution in [3.8, 4) is 5.13 Å². The summed E-state index contributed by atoms with van der Waals surface area (Å²) < 4.78 is 7.39. The van der Waals surface area contributed by atoms with Crippen molar-refractivity contribution in [1.82, 2.24) is 19.8 Å². The molecule has 136 valence electrons. The van der Waals surface area contributed by atoms with Crippen LogP contribution in [0.4, 0.5) is 0 Å². The first-order chi connectivity index (χ1) is 12.2. The topological polar surface area (TPSA) is 59.4 Å². The Bertz CT molecular complexity index is 690. The van der Waals surface area contributed by atoms with Gasteiger partial charge in [0.25, 0.3) is 5.91 Å². The Morgan fingerprint density at radius 2 is 2.12 bits per heavy atom. The number of carbonyl (C=O) groups excluding carboxylic acids is 1. The summed E-state index contributed by atoms with van der Waals surface area (Å²) in [6.07, 6.45) is 3.87. The van der Waals surface area contributed by atoms with Crippen molar-refractivity contribution in [2.24, 2.45) is 0 Å². The molecule has 0 unspecified atom stereocenters. The molecule has 1 aliphatic rings. The third-order valence-electron chi connectivity index (χ3n) is 4.58. The fraction of sp³-hybridized carbons (Fsp3) is 0.556. The van der Waals surface area contributed by atoms with Gasteiger partial charge in [-0.25, -0.2) is 4.98 Å². The summed E-state index contributed by atoms with van der Waals surface area (Å²) in [5, 5.41) is 5.90. The van der Waals surface area contributed by atoms with Gasteiger partial charge in [-0.1, -0.05) is 0 Å². The second kappa shape index (κ2) is 8.60. The number of nitrogens with one attached hydrogen (secondary N) is 1. The van der Waals surface area contributed by atoms with Crippen molar-refractivity contribution in [2.75, 3.05) is 39.4 Å². The first-order valence-corrected chi connectivity index (χ1v) is 9.72. The highest BCUT2D eigenvalue weighted by molar-refractivity contribution is 7.12. The summed E-state index contributed by atoms with van der Waals surface area (Å²) in [5.41, 5.74) is 2.71. The molecule has 1 fully saturated rings. The van der Waals surface area contributed by atoms with Crippen molar-refractivity contribution >= 4 is 17.2 Å². The Kier molecular flexibility index (Phi) is 6.23. The van der Waals surface area contributed by atoms with Gasteiger partial charge in [-0.05, 0) is 39.3 Å². The van der Waals surface area contributed by atoms with Gasteiger partial charge < -0.3 is 10.1 Å². The minimum Gasteiger partial charge on any atom is -0.379 e. The quantitative estimate of drug-likeness (QED) is 0.769. The van der Waals surface area contributed by atoms with Crippen LogP contribution in [-0.4, -0.2) is 59.8 Å². The molecule has 0 radical (unpaired) electrons. The van der Waals surface area contributed by atoms with Crippen molar-refractivity contribution < 1.29 is 9.53 Å². The number of ether oxygens (including phenoxy) is 1. The lowest BCUT2D eigenvalue weighted by Gasteiger charge is -2.26. The molecule has 0 atom stereocenters. The maximum Gasteiger partial charge on any atom is 0.253 e. The second-order valence-corrected chi connectivity index (χ2v) is 7.22. The molecule has 1 aliphatic heterocycles. The molecule has 1 N–H and O–H groups in total. The highest BCUT2D eigenvalue weighted by Gasteiger charge is 2.17. The van der Waals surface area contributed by atoms with E-state index in [1.165, 1.54) is 0 Å². The summed E-state index contributed by atoms with van der Waals surface area (Å²) >= 11 is 1.57. The van der Waals surface area contributed by atoms with Crippen LogP contribution in [0.1, 0.15) is 34.6 Å². The molecule has 0 aromatic carbocycles.